The number of carbonyl (C=O) groups is 1. The molecule has 1 aliphatic rings. The number of anilines is 1. The van der Waals surface area contributed by atoms with E-state index in [2.05, 4.69) is 5.32 Å². The molecular weight excluding hydrogens is 285 g/mol. The van der Waals surface area contributed by atoms with E-state index in [-0.39, 0.29) is 12.2 Å². The summed E-state index contributed by atoms with van der Waals surface area (Å²) >= 11 is 0. The van der Waals surface area contributed by atoms with Crippen LogP contribution in [0.5, 0.6) is 0 Å². The van der Waals surface area contributed by atoms with Gasteiger partial charge in [-0.3, -0.25) is 4.79 Å². The minimum Gasteiger partial charge on any atom is -0.481 e. The van der Waals surface area contributed by atoms with Crippen molar-refractivity contribution >= 4 is 11.7 Å². The van der Waals surface area contributed by atoms with Crippen molar-refractivity contribution in [2.24, 2.45) is 5.41 Å². The predicted molar refractivity (Wildman–Crippen MR) is 68.6 cm³/mol. The van der Waals surface area contributed by atoms with Crippen LogP contribution in [-0.2, 0) is 11.0 Å². The third-order valence-electron chi connectivity index (χ3n) is 3.84. The van der Waals surface area contributed by atoms with Crippen LogP contribution in [0.3, 0.4) is 0 Å². The molecule has 0 heterocycles. The molecule has 1 aliphatic carbocycles. The van der Waals surface area contributed by atoms with Crippen LogP contribution < -0.4 is 5.32 Å². The SMILES string of the molecule is N#Cc1ccc(NCC2(C(=O)O)CCC2)cc1C(F)(F)F. The standard InChI is InChI=1S/C14H13F3N2O2/c15-14(16,17)11-6-10(3-2-9(11)7-18)19-8-13(12(20)21)4-1-5-13/h2-3,6,19H,1,4-5,8H2,(H,20,21). The van der Waals surface area contributed by atoms with Crippen LogP contribution in [0.15, 0.2) is 18.2 Å². The minimum atomic E-state index is -4.62. The van der Waals surface area contributed by atoms with Gasteiger partial charge in [-0.05, 0) is 31.0 Å². The largest absolute Gasteiger partial charge is 0.481 e. The lowest BCUT2D eigenvalue weighted by Crippen LogP contribution is -2.43. The molecule has 2 N–H and O–H groups in total. The van der Waals surface area contributed by atoms with E-state index < -0.39 is 28.7 Å². The molecule has 0 aliphatic heterocycles. The first-order valence-electron chi connectivity index (χ1n) is 6.37. The van der Waals surface area contributed by atoms with Crippen molar-refractivity contribution in [2.45, 2.75) is 25.4 Å². The average Bonchev–Trinajstić information content (AvgIpc) is 2.35. The lowest BCUT2D eigenvalue weighted by Gasteiger charge is -2.37. The number of rotatable bonds is 4. The summed E-state index contributed by atoms with van der Waals surface area (Å²) in [5.41, 5.74) is -2.21. The quantitative estimate of drug-likeness (QED) is 0.895. The molecule has 1 aromatic rings. The lowest BCUT2D eigenvalue weighted by atomic mass is 9.69. The van der Waals surface area contributed by atoms with Gasteiger partial charge in [0, 0.05) is 12.2 Å². The molecule has 0 unspecified atom stereocenters. The molecule has 2 rings (SSSR count). The third kappa shape index (κ3) is 2.94. The van der Waals surface area contributed by atoms with Crippen LogP contribution in [0.4, 0.5) is 18.9 Å². The zero-order valence-electron chi connectivity index (χ0n) is 11.0. The molecule has 0 radical (unpaired) electrons. The van der Waals surface area contributed by atoms with E-state index >= 15 is 0 Å². The molecular formula is C14H13F3N2O2. The van der Waals surface area contributed by atoms with Crippen LogP contribution in [0.2, 0.25) is 0 Å². The van der Waals surface area contributed by atoms with Crippen molar-refractivity contribution in [3.63, 3.8) is 0 Å². The first-order valence-corrected chi connectivity index (χ1v) is 6.37. The number of halogens is 3. The van der Waals surface area contributed by atoms with Crippen LogP contribution >= 0.6 is 0 Å². The molecule has 112 valence electrons. The molecule has 7 heteroatoms. The van der Waals surface area contributed by atoms with E-state index in [0.29, 0.717) is 12.8 Å². The van der Waals surface area contributed by atoms with Crippen LogP contribution in [0.1, 0.15) is 30.4 Å². The molecule has 21 heavy (non-hydrogen) atoms. The molecule has 0 amide bonds. The summed E-state index contributed by atoms with van der Waals surface area (Å²) in [6.07, 6.45) is -2.80. The second-order valence-electron chi connectivity index (χ2n) is 5.16. The van der Waals surface area contributed by atoms with Crippen molar-refractivity contribution in [3.8, 4) is 6.07 Å². The Hall–Kier alpha value is -2.23. The topological polar surface area (TPSA) is 73.1 Å². The smallest absolute Gasteiger partial charge is 0.417 e. The van der Waals surface area contributed by atoms with Gasteiger partial charge in [0.25, 0.3) is 0 Å². The third-order valence-corrected chi connectivity index (χ3v) is 3.84. The first-order chi connectivity index (χ1) is 9.78. The van der Waals surface area contributed by atoms with Gasteiger partial charge in [-0.2, -0.15) is 18.4 Å². The summed E-state index contributed by atoms with van der Waals surface area (Å²) in [6.45, 7) is 0.0749. The number of benzene rings is 1. The fourth-order valence-corrected chi connectivity index (χ4v) is 2.33. The molecule has 4 nitrogen and oxygen atoms in total. The normalized spacial score (nSPS) is 16.7. The number of carboxylic acid groups (broad SMARTS) is 1. The summed E-state index contributed by atoms with van der Waals surface area (Å²) in [6, 6.07) is 4.77. The summed E-state index contributed by atoms with van der Waals surface area (Å²) in [5.74, 6) is -0.939. The van der Waals surface area contributed by atoms with Gasteiger partial charge in [-0.25, -0.2) is 0 Å². The monoisotopic (exact) mass is 298 g/mol. The molecule has 1 aromatic carbocycles. The van der Waals surface area contributed by atoms with Gasteiger partial charge in [-0.1, -0.05) is 6.42 Å². The van der Waals surface area contributed by atoms with Gasteiger partial charge in [0.05, 0.1) is 22.6 Å². The second kappa shape index (κ2) is 5.28. The Morgan fingerprint density at radius 3 is 2.52 bits per heavy atom. The highest BCUT2D eigenvalue weighted by Gasteiger charge is 2.44. The van der Waals surface area contributed by atoms with E-state index in [1.165, 1.54) is 12.1 Å². The van der Waals surface area contributed by atoms with Crippen LogP contribution in [0, 0.1) is 16.7 Å². The fraction of sp³-hybridized carbons (Fsp3) is 0.429. The highest BCUT2D eigenvalue weighted by molar-refractivity contribution is 5.76. The maximum Gasteiger partial charge on any atom is 0.417 e. The maximum absolute atomic E-state index is 12.8. The zero-order chi connectivity index (χ0) is 15.7. The van der Waals surface area contributed by atoms with E-state index in [4.69, 9.17) is 10.4 Å². The Labute approximate surface area is 119 Å². The van der Waals surface area contributed by atoms with Gasteiger partial charge < -0.3 is 10.4 Å². The molecule has 0 atom stereocenters. The highest BCUT2D eigenvalue weighted by Crippen LogP contribution is 2.41. The summed E-state index contributed by atoms with van der Waals surface area (Å²) in [5, 5.41) is 20.6. The molecule has 0 aromatic heterocycles. The number of aliphatic carboxylic acids is 1. The number of nitriles is 1. The molecule has 0 spiro atoms. The Morgan fingerprint density at radius 1 is 1.43 bits per heavy atom. The van der Waals surface area contributed by atoms with Crippen molar-refractivity contribution in [1.82, 2.24) is 0 Å². The number of hydrogen-bond donors (Lipinski definition) is 2. The van der Waals surface area contributed by atoms with E-state index in [9.17, 15) is 18.0 Å². The van der Waals surface area contributed by atoms with E-state index in [0.717, 1.165) is 18.6 Å². The lowest BCUT2D eigenvalue weighted by molar-refractivity contribution is -0.153. The molecule has 0 bridgehead atoms. The minimum absolute atomic E-state index is 0.0749. The van der Waals surface area contributed by atoms with Gasteiger partial charge in [0.1, 0.15) is 0 Å². The van der Waals surface area contributed by atoms with Gasteiger partial charge in [0.15, 0.2) is 0 Å². The Balaban J connectivity index is 2.19. The van der Waals surface area contributed by atoms with E-state index in [1.54, 1.807) is 0 Å². The molecule has 1 fully saturated rings. The average molecular weight is 298 g/mol. The van der Waals surface area contributed by atoms with Crippen molar-refractivity contribution in [2.75, 3.05) is 11.9 Å². The second-order valence-corrected chi connectivity index (χ2v) is 5.16. The van der Waals surface area contributed by atoms with Gasteiger partial charge >= 0.3 is 12.1 Å². The Kier molecular flexibility index (Phi) is 3.81. The highest BCUT2D eigenvalue weighted by atomic mass is 19.4. The summed E-state index contributed by atoms with van der Waals surface area (Å²) < 4.78 is 38.5. The van der Waals surface area contributed by atoms with Crippen molar-refractivity contribution in [1.29, 1.82) is 5.26 Å². The number of carboxylic acids is 1. The van der Waals surface area contributed by atoms with Crippen LogP contribution in [0.25, 0.3) is 0 Å². The maximum atomic E-state index is 12.8. The van der Waals surface area contributed by atoms with Crippen LogP contribution in [-0.4, -0.2) is 17.6 Å². The number of alkyl halides is 3. The molecule has 0 saturated heterocycles. The molecule has 1 saturated carbocycles. The predicted octanol–water partition coefficient (Wildman–Crippen LogP) is 3.24. The number of hydrogen-bond acceptors (Lipinski definition) is 3. The fourth-order valence-electron chi connectivity index (χ4n) is 2.33. The number of nitrogens with one attached hydrogen (secondary N) is 1. The Morgan fingerprint density at radius 2 is 2.10 bits per heavy atom. The first kappa shape index (κ1) is 15.2. The van der Waals surface area contributed by atoms with Crippen molar-refractivity contribution < 1.29 is 23.1 Å². The number of nitrogens with zero attached hydrogens (tertiary/aromatic N) is 1. The van der Waals surface area contributed by atoms with E-state index in [1.807, 2.05) is 0 Å². The van der Waals surface area contributed by atoms with Gasteiger partial charge in [-0.15, -0.1) is 0 Å². The summed E-state index contributed by atoms with van der Waals surface area (Å²) in [7, 11) is 0. The summed E-state index contributed by atoms with van der Waals surface area (Å²) in [4.78, 5) is 11.2. The van der Waals surface area contributed by atoms with Crippen molar-refractivity contribution in [3.05, 3.63) is 29.3 Å². The Bertz CT molecular complexity index is 601. The zero-order valence-corrected chi connectivity index (χ0v) is 11.0. The van der Waals surface area contributed by atoms with Gasteiger partial charge in [0.2, 0.25) is 0 Å².